The quantitative estimate of drug-likeness (QED) is 0.771. The molecule has 1 aromatic heterocycles. The molecule has 0 atom stereocenters. The molecule has 1 amide bonds. The van der Waals surface area contributed by atoms with E-state index in [1.165, 1.54) is 11.3 Å². The van der Waals surface area contributed by atoms with Crippen LogP contribution in [0.2, 0.25) is 5.02 Å². The summed E-state index contributed by atoms with van der Waals surface area (Å²) in [5.74, 6) is -0.128. The van der Waals surface area contributed by atoms with Crippen LogP contribution in [0.5, 0.6) is 0 Å². The van der Waals surface area contributed by atoms with Gasteiger partial charge in [0.15, 0.2) is 4.80 Å². The summed E-state index contributed by atoms with van der Waals surface area (Å²) in [6.45, 7) is 9.56. The number of aromatic nitrogens is 1. The van der Waals surface area contributed by atoms with Gasteiger partial charge in [0.05, 0.1) is 0 Å². The van der Waals surface area contributed by atoms with Gasteiger partial charge in [-0.25, -0.2) is 0 Å². The summed E-state index contributed by atoms with van der Waals surface area (Å²) < 4.78 is 1.91. The molecule has 0 aliphatic heterocycles. The molecule has 0 aliphatic carbocycles. The van der Waals surface area contributed by atoms with Crippen LogP contribution in [0.25, 0.3) is 5.69 Å². The van der Waals surface area contributed by atoms with Gasteiger partial charge in [-0.1, -0.05) is 38.4 Å². The number of aryl methyl sites for hydroxylation is 2. The average Bonchev–Trinajstić information content (AvgIpc) is 2.72. The van der Waals surface area contributed by atoms with E-state index in [4.69, 9.17) is 11.6 Å². The highest BCUT2D eigenvalue weighted by molar-refractivity contribution is 7.09. The number of amides is 1. The van der Waals surface area contributed by atoms with Gasteiger partial charge in [-0.05, 0) is 31.5 Å². The molecule has 0 saturated heterocycles. The van der Waals surface area contributed by atoms with E-state index in [0.717, 1.165) is 16.1 Å². The Labute approximate surface area is 133 Å². The number of carbonyl (C=O) groups is 1. The van der Waals surface area contributed by atoms with Crippen LogP contribution in [0, 0.1) is 19.3 Å². The lowest BCUT2D eigenvalue weighted by Gasteiger charge is -2.12. The number of hydrogen-bond donors (Lipinski definition) is 0. The van der Waals surface area contributed by atoms with E-state index in [9.17, 15) is 4.79 Å². The van der Waals surface area contributed by atoms with Crippen LogP contribution >= 0.6 is 22.9 Å². The van der Waals surface area contributed by atoms with Crippen LogP contribution in [-0.4, -0.2) is 10.5 Å². The first kappa shape index (κ1) is 16.0. The third kappa shape index (κ3) is 3.63. The Kier molecular flexibility index (Phi) is 4.40. The molecule has 1 heterocycles. The van der Waals surface area contributed by atoms with E-state index >= 15 is 0 Å². The molecule has 0 radical (unpaired) electrons. The van der Waals surface area contributed by atoms with Crippen molar-refractivity contribution in [2.45, 2.75) is 34.6 Å². The zero-order valence-electron chi connectivity index (χ0n) is 12.9. The lowest BCUT2D eigenvalue weighted by Crippen LogP contribution is -2.22. The molecule has 0 unspecified atom stereocenters. The lowest BCUT2D eigenvalue weighted by molar-refractivity contribution is -0.125. The van der Waals surface area contributed by atoms with Crippen LogP contribution < -0.4 is 4.80 Å². The first-order valence-corrected chi connectivity index (χ1v) is 7.93. The van der Waals surface area contributed by atoms with Gasteiger partial charge in [0.1, 0.15) is 0 Å². The fourth-order valence-corrected chi connectivity index (χ4v) is 2.71. The maximum absolute atomic E-state index is 12.1. The van der Waals surface area contributed by atoms with Gasteiger partial charge in [-0.2, -0.15) is 4.99 Å². The van der Waals surface area contributed by atoms with Crippen molar-refractivity contribution in [3.63, 3.8) is 0 Å². The average molecular weight is 323 g/mol. The van der Waals surface area contributed by atoms with Crippen molar-refractivity contribution in [2.24, 2.45) is 10.4 Å². The SMILES string of the molecule is Cc1cn(-c2ccc(C)c(Cl)c2)/c(=N/C(=O)C(C)(C)C)s1. The molecule has 0 saturated carbocycles. The molecule has 0 aliphatic rings. The van der Waals surface area contributed by atoms with Crippen LogP contribution in [-0.2, 0) is 4.79 Å². The normalized spacial score (nSPS) is 12.8. The van der Waals surface area contributed by atoms with Crippen LogP contribution in [0.3, 0.4) is 0 Å². The molecule has 21 heavy (non-hydrogen) atoms. The second-order valence-corrected chi connectivity index (χ2v) is 7.72. The van der Waals surface area contributed by atoms with Gasteiger partial charge in [0.2, 0.25) is 0 Å². The number of thiazole rings is 1. The van der Waals surface area contributed by atoms with Crippen molar-refractivity contribution in [1.29, 1.82) is 0 Å². The summed E-state index contributed by atoms with van der Waals surface area (Å²) in [4.78, 5) is 18.2. The zero-order valence-corrected chi connectivity index (χ0v) is 14.5. The van der Waals surface area contributed by atoms with Crippen LogP contribution in [0.15, 0.2) is 29.4 Å². The van der Waals surface area contributed by atoms with Crippen molar-refractivity contribution >= 4 is 28.8 Å². The Hall–Kier alpha value is -1.39. The van der Waals surface area contributed by atoms with E-state index < -0.39 is 5.41 Å². The minimum atomic E-state index is -0.485. The van der Waals surface area contributed by atoms with Gasteiger partial charge >= 0.3 is 0 Å². The Bertz CT molecular complexity index is 750. The summed E-state index contributed by atoms with van der Waals surface area (Å²) in [7, 11) is 0. The van der Waals surface area contributed by atoms with E-state index in [-0.39, 0.29) is 5.91 Å². The van der Waals surface area contributed by atoms with Crippen molar-refractivity contribution in [2.75, 3.05) is 0 Å². The van der Waals surface area contributed by atoms with Crippen molar-refractivity contribution in [3.05, 3.63) is 44.7 Å². The Morgan fingerprint density at radius 3 is 2.52 bits per heavy atom. The summed E-state index contributed by atoms with van der Waals surface area (Å²) in [5, 5.41) is 0.706. The maximum atomic E-state index is 12.1. The second-order valence-electron chi connectivity index (χ2n) is 6.09. The highest BCUT2D eigenvalue weighted by Gasteiger charge is 2.21. The third-order valence-electron chi connectivity index (χ3n) is 3.04. The molecule has 2 rings (SSSR count). The molecule has 2 aromatic rings. The van der Waals surface area contributed by atoms with Gasteiger partial charge < -0.3 is 0 Å². The van der Waals surface area contributed by atoms with Crippen molar-refractivity contribution in [3.8, 4) is 5.69 Å². The van der Waals surface area contributed by atoms with Crippen LogP contribution in [0.4, 0.5) is 0 Å². The highest BCUT2D eigenvalue weighted by Crippen LogP contribution is 2.20. The molecule has 5 heteroatoms. The number of halogens is 1. The third-order valence-corrected chi connectivity index (χ3v) is 4.35. The molecular weight excluding hydrogens is 304 g/mol. The molecule has 0 fully saturated rings. The zero-order chi connectivity index (χ0) is 15.8. The fourth-order valence-electron chi connectivity index (χ4n) is 1.70. The van der Waals surface area contributed by atoms with E-state index in [2.05, 4.69) is 4.99 Å². The monoisotopic (exact) mass is 322 g/mol. The van der Waals surface area contributed by atoms with Gasteiger partial charge in [-0.15, -0.1) is 11.3 Å². The van der Waals surface area contributed by atoms with Gasteiger partial charge in [0, 0.05) is 27.2 Å². The second kappa shape index (κ2) is 5.78. The molecule has 3 nitrogen and oxygen atoms in total. The molecule has 1 aromatic carbocycles. The summed E-state index contributed by atoms with van der Waals surface area (Å²) in [5.41, 5.74) is 1.45. The van der Waals surface area contributed by atoms with Crippen molar-refractivity contribution in [1.82, 2.24) is 4.57 Å². The lowest BCUT2D eigenvalue weighted by atomic mass is 9.96. The molecule has 112 valence electrons. The Morgan fingerprint density at radius 1 is 1.29 bits per heavy atom. The Balaban J connectivity index is 2.58. The van der Waals surface area contributed by atoms with E-state index in [1.807, 2.05) is 63.6 Å². The number of nitrogens with zero attached hydrogens (tertiary/aromatic N) is 2. The largest absolute Gasteiger partial charge is 0.292 e. The summed E-state index contributed by atoms with van der Waals surface area (Å²) in [6, 6.07) is 5.84. The first-order chi connectivity index (χ1) is 9.68. The van der Waals surface area contributed by atoms with Crippen LogP contribution in [0.1, 0.15) is 31.2 Å². The topological polar surface area (TPSA) is 34.4 Å². The predicted molar refractivity (Wildman–Crippen MR) is 88.2 cm³/mol. The standard InChI is InChI=1S/C16H19ClN2OS/c1-10-6-7-12(8-13(10)17)19-9-11(2)21-15(19)18-14(20)16(3,4)5/h6-9H,1-5H3/b18-15-. The molecular formula is C16H19ClN2OS. The maximum Gasteiger partial charge on any atom is 0.253 e. The Morgan fingerprint density at radius 2 is 1.95 bits per heavy atom. The minimum absolute atomic E-state index is 0.128. The summed E-state index contributed by atoms with van der Waals surface area (Å²) in [6.07, 6.45) is 1.97. The van der Waals surface area contributed by atoms with E-state index in [0.29, 0.717) is 9.82 Å². The molecule has 0 bridgehead atoms. The minimum Gasteiger partial charge on any atom is -0.292 e. The number of rotatable bonds is 1. The summed E-state index contributed by atoms with van der Waals surface area (Å²) >= 11 is 7.69. The first-order valence-electron chi connectivity index (χ1n) is 6.73. The van der Waals surface area contributed by atoms with Gasteiger partial charge in [-0.3, -0.25) is 9.36 Å². The van der Waals surface area contributed by atoms with Crippen molar-refractivity contribution < 1.29 is 4.79 Å². The molecule has 0 spiro atoms. The van der Waals surface area contributed by atoms with Gasteiger partial charge in [0.25, 0.3) is 5.91 Å². The number of benzene rings is 1. The number of carbonyl (C=O) groups excluding carboxylic acids is 1. The van der Waals surface area contributed by atoms with E-state index in [1.54, 1.807) is 0 Å². The highest BCUT2D eigenvalue weighted by atomic mass is 35.5. The predicted octanol–water partition coefficient (Wildman–Crippen LogP) is 4.28. The molecule has 0 N–H and O–H groups in total. The smallest absolute Gasteiger partial charge is 0.253 e. The fraction of sp³-hybridized carbons (Fsp3) is 0.375. The number of hydrogen-bond acceptors (Lipinski definition) is 2.